The Kier molecular flexibility index (Phi) is 4.85. The Morgan fingerprint density at radius 3 is 2.75 bits per heavy atom. The number of aromatic nitrogens is 4. The number of hydrogen-bond donors (Lipinski definition) is 2. The van der Waals surface area contributed by atoms with Gasteiger partial charge in [-0.3, -0.25) is 4.79 Å². The first-order chi connectivity index (χ1) is 15.3. The number of nitrogens with zero attached hydrogens (tertiary/aromatic N) is 5. The summed E-state index contributed by atoms with van der Waals surface area (Å²) in [5, 5.41) is 22.2. The molecule has 2 aliphatic heterocycles. The van der Waals surface area contributed by atoms with Crippen LogP contribution in [0.5, 0.6) is 5.75 Å². The van der Waals surface area contributed by atoms with Gasteiger partial charge in [0.25, 0.3) is 5.56 Å². The number of halogens is 2. The molecule has 2 aromatic heterocycles. The van der Waals surface area contributed by atoms with Gasteiger partial charge in [-0.1, -0.05) is 0 Å². The number of anilines is 1. The molecule has 0 aliphatic carbocycles. The highest BCUT2D eigenvalue weighted by Gasteiger charge is 2.44. The zero-order valence-electron chi connectivity index (χ0n) is 18.0. The summed E-state index contributed by atoms with van der Waals surface area (Å²) < 4.78 is 30.9. The fourth-order valence-corrected chi connectivity index (χ4v) is 4.87. The number of rotatable bonds is 3. The fourth-order valence-electron chi connectivity index (χ4n) is 4.87. The van der Waals surface area contributed by atoms with Crippen LogP contribution in [0.25, 0.3) is 22.2 Å². The maximum Gasteiger partial charge on any atom is 0.258 e. The van der Waals surface area contributed by atoms with E-state index < -0.39 is 17.5 Å². The van der Waals surface area contributed by atoms with Crippen molar-refractivity contribution < 1.29 is 13.9 Å². The molecular weight excluding hydrogens is 418 g/mol. The summed E-state index contributed by atoms with van der Waals surface area (Å²) in [7, 11) is 3.25. The molecule has 0 spiro atoms. The normalized spacial score (nSPS) is 24.8. The maximum atomic E-state index is 14.9. The highest BCUT2D eigenvalue weighted by molar-refractivity contribution is 5.89. The van der Waals surface area contributed by atoms with Gasteiger partial charge >= 0.3 is 0 Å². The van der Waals surface area contributed by atoms with Crippen molar-refractivity contribution in [1.82, 2.24) is 25.1 Å². The number of benzene rings is 1. The van der Waals surface area contributed by atoms with Crippen LogP contribution in [0.3, 0.4) is 0 Å². The third-order valence-electron chi connectivity index (χ3n) is 6.93. The van der Waals surface area contributed by atoms with Gasteiger partial charge in [-0.2, -0.15) is 0 Å². The molecular formula is C22H24F2N6O2. The van der Waals surface area contributed by atoms with Crippen LogP contribution in [-0.4, -0.2) is 56.2 Å². The molecule has 4 atom stereocenters. The standard InChI is InChI=1S/C22H24F2N6O2/c1-10-19(23)12-7-14(17(31)8-13(12)22(32)29(10)2)21-25-9-18(27-28-21)30(3)16-6-11-4-5-15(26-11)20(16)24/h7-9,11,15-16,20,26,31H,4-6H2,1-3H3/t11?,15-,16+,20-/m1/s1. The molecule has 8 nitrogen and oxygen atoms in total. The highest BCUT2D eigenvalue weighted by atomic mass is 19.1. The molecule has 5 rings (SSSR count). The third kappa shape index (κ3) is 3.12. The zero-order chi connectivity index (χ0) is 22.7. The van der Waals surface area contributed by atoms with Gasteiger partial charge in [0, 0.05) is 31.6 Å². The summed E-state index contributed by atoms with van der Waals surface area (Å²) in [5.74, 6) is -0.304. The summed E-state index contributed by atoms with van der Waals surface area (Å²) in [6, 6.07) is 2.43. The molecule has 1 aromatic carbocycles. The minimum atomic E-state index is -1.02. The number of phenols is 1. The Morgan fingerprint density at radius 2 is 2.03 bits per heavy atom. The molecule has 10 heteroatoms. The summed E-state index contributed by atoms with van der Waals surface area (Å²) in [5.41, 5.74) is -0.0608. The summed E-state index contributed by atoms with van der Waals surface area (Å²) >= 11 is 0. The van der Waals surface area contributed by atoms with E-state index in [0.717, 1.165) is 12.8 Å². The van der Waals surface area contributed by atoms with E-state index in [0.29, 0.717) is 18.3 Å². The van der Waals surface area contributed by atoms with Crippen molar-refractivity contribution in [3.8, 4) is 17.1 Å². The molecule has 1 unspecified atom stereocenters. The molecule has 2 N–H and O–H groups in total. The number of alkyl halides is 1. The molecule has 0 saturated carbocycles. The van der Waals surface area contributed by atoms with E-state index in [4.69, 9.17) is 0 Å². The summed E-state index contributed by atoms with van der Waals surface area (Å²) in [6.07, 6.45) is 2.93. The molecule has 4 heterocycles. The predicted molar refractivity (Wildman–Crippen MR) is 116 cm³/mol. The number of piperidine rings is 1. The van der Waals surface area contributed by atoms with Gasteiger partial charge < -0.3 is 19.9 Å². The number of phenolic OH excluding ortho intramolecular Hbond substituents is 1. The van der Waals surface area contributed by atoms with Crippen LogP contribution in [0.4, 0.5) is 14.6 Å². The van der Waals surface area contributed by atoms with Crippen molar-refractivity contribution in [2.24, 2.45) is 7.05 Å². The monoisotopic (exact) mass is 442 g/mol. The fraction of sp³-hybridized carbons (Fsp3) is 0.455. The molecule has 2 saturated heterocycles. The Balaban J connectivity index is 1.49. The van der Waals surface area contributed by atoms with Crippen molar-refractivity contribution >= 4 is 16.6 Å². The summed E-state index contributed by atoms with van der Waals surface area (Å²) in [4.78, 5) is 18.5. The number of hydrogen-bond acceptors (Lipinski definition) is 7. The van der Waals surface area contributed by atoms with Crippen molar-refractivity contribution in [2.75, 3.05) is 11.9 Å². The second kappa shape index (κ2) is 7.47. The van der Waals surface area contributed by atoms with E-state index in [2.05, 4.69) is 20.5 Å². The van der Waals surface area contributed by atoms with Crippen LogP contribution >= 0.6 is 0 Å². The Hall–Kier alpha value is -3.14. The zero-order valence-corrected chi connectivity index (χ0v) is 18.0. The van der Waals surface area contributed by atoms with Crippen molar-refractivity contribution in [2.45, 2.75) is 50.5 Å². The van der Waals surface area contributed by atoms with Gasteiger partial charge in [0.1, 0.15) is 17.7 Å². The minimum Gasteiger partial charge on any atom is -0.507 e. The van der Waals surface area contributed by atoms with Crippen molar-refractivity contribution in [3.63, 3.8) is 0 Å². The van der Waals surface area contributed by atoms with E-state index in [1.165, 1.54) is 36.9 Å². The van der Waals surface area contributed by atoms with Gasteiger partial charge in [-0.05, 0) is 38.3 Å². The Bertz CT molecular complexity index is 1260. The lowest BCUT2D eigenvalue weighted by atomic mass is 9.96. The first-order valence-electron chi connectivity index (χ1n) is 10.6. The van der Waals surface area contributed by atoms with Crippen molar-refractivity contribution in [1.29, 1.82) is 0 Å². The molecule has 0 amide bonds. The van der Waals surface area contributed by atoms with Gasteiger partial charge in [0.2, 0.25) is 0 Å². The first kappa shape index (κ1) is 20.7. The average molecular weight is 442 g/mol. The molecule has 2 aliphatic rings. The quantitative estimate of drug-likeness (QED) is 0.642. The topological polar surface area (TPSA) is 96.2 Å². The van der Waals surface area contributed by atoms with E-state index in [1.807, 2.05) is 0 Å². The number of nitrogens with one attached hydrogen (secondary N) is 1. The lowest BCUT2D eigenvalue weighted by Gasteiger charge is -2.38. The van der Waals surface area contributed by atoms with Gasteiger partial charge in [0.15, 0.2) is 11.6 Å². The predicted octanol–water partition coefficient (Wildman–Crippen LogP) is 2.21. The number of pyridine rings is 1. The van der Waals surface area contributed by atoms with Gasteiger partial charge in [-0.25, -0.2) is 13.8 Å². The van der Waals surface area contributed by atoms with E-state index in [9.17, 15) is 18.7 Å². The molecule has 2 fully saturated rings. The van der Waals surface area contributed by atoms with Crippen LogP contribution in [0.1, 0.15) is 25.0 Å². The van der Waals surface area contributed by atoms with Crippen LogP contribution in [0, 0.1) is 12.7 Å². The molecule has 32 heavy (non-hydrogen) atoms. The smallest absolute Gasteiger partial charge is 0.258 e. The lowest BCUT2D eigenvalue weighted by Crippen LogP contribution is -2.55. The first-order valence-corrected chi connectivity index (χ1v) is 10.6. The second-order valence-electron chi connectivity index (χ2n) is 8.72. The van der Waals surface area contributed by atoms with E-state index in [1.54, 1.807) is 11.9 Å². The average Bonchev–Trinajstić information content (AvgIpc) is 3.21. The molecule has 0 radical (unpaired) electrons. The lowest BCUT2D eigenvalue weighted by molar-refractivity contribution is 0.176. The second-order valence-corrected chi connectivity index (χ2v) is 8.72. The van der Waals surface area contributed by atoms with Gasteiger partial charge in [-0.15, -0.1) is 10.2 Å². The SMILES string of the molecule is Cc1c(F)c2cc(-c3ncc(N(C)[C@H]4CC5CC[C@@H](N5)[C@H]4F)nn3)c(O)cc2c(=O)n1C. The van der Waals surface area contributed by atoms with Crippen LogP contribution in [0.2, 0.25) is 0 Å². The molecule has 3 aromatic rings. The Labute approximate surface area is 182 Å². The molecule has 168 valence electrons. The van der Waals surface area contributed by atoms with Crippen molar-refractivity contribution in [3.05, 3.63) is 40.2 Å². The number of aromatic hydroxyl groups is 1. The summed E-state index contributed by atoms with van der Waals surface area (Å²) in [6.45, 7) is 1.51. The van der Waals surface area contributed by atoms with Gasteiger partial charge in [0.05, 0.1) is 28.9 Å². The van der Waals surface area contributed by atoms with E-state index >= 15 is 0 Å². The largest absolute Gasteiger partial charge is 0.507 e. The molecule has 2 bridgehead atoms. The van der Waals surface area contributed by atoms with Crippen LogP contribution < -0.4 is 15.8 Å². The number of fused-ring (bicyclic) bond motifs is 3. The maximum absolute atomic E-state index is 14.9. The highest BCUT2D eigenvalue weighted by Crippen LogP contribution is 2.34. The third-order valence-corrected chi connectivity index (χ3v) is 6.93. The Morgan fingerprint density at radius 1 is 1.25 bits per heavy atom. The minimum absolute atomic E-state index is 0.0655. The van der Waals surface area contributed by atoms with Crippen LogP contribution in [-0.2, 0) is 7.05 Å². The van der Waals surface area contributed by atoms with E-state index in [-0.39, 0.29) is 45.7 Å². The van der Waals surface area contributed by atoms with Crippen LogP contribution in [0.15, 0.2) is 23.1 Å².